The number of piperazine rings is 1. The highest BCUT2D eigenvalue weighted by atomic mass is 19.1. The van der Waals surface area contributed by atoms with Crippen molar-refractivity contribution >= 4 is 11.6 Å². The quantitative estimate of drug-likeness (QED) is 0.250. The highest BCUT2D eigenvalue weighted by molar-refractivity contribution is 5.73. The van der Waals surface area contributed by atoms with Gasteiger partial charge in [-0.1, -0.05) is 41.5 Å². The number of H-pyrrole nitrogens is 1. The molecule has 0 spiro atoms. The maximum absolute atomic E-state index is 14.6. The zero-order valence-corrected chi connectivity index (χ0v) is 31.0. The largest absolute Gasteiger partial charge is 0.480 e. The molecule has 12 heteroatoms. The molecule has 2 atom stereocenters. The molecule has 2 aromatic heterocycles. The molecule has 4 saturated carbocycles. The third kappa shape index (κ3) is 7.82. The third-order valence-corrected chi connectivity index (χ3v) is 10.8. The Morgan fingerprint density at radius 1 is 1.02 bits per heavy atom. The molecule has 11 nitrogen and oxygen atoms in total. The van der Waals surface area contributed by atoms with Crippen molar-refractivity contribution in [2.45, 2.75) is 124 Å². The number of hydrazine groups is 1. The normalized spacial score (nSPS) is 28.0. The number of fused-ring (bicyclic) bond motifs is 3. The van der Waals surface area contributed by atoms with Gasteiger partial charge in [0.1, 0.15) is 12.5 Å². The maximum atomic E-state index is 14.6. The standard InChI is InChI=1S/C30H44FN9O2.3C2H6.H2/c1-19(41)39-14-16-40(17-15-39)21-6-7-22(31)33-25(21)30-11-8-29(9-12-30,10-13-30)18-32-28-34-26(37-38(28)2)23-24(20-4-5-20)35-36-27(23)42-3;3*1-2;/h6-7,20,26,28,32,34,37H,4-5,8-18H2,1-3H3,(H,35,36);3*1-2H3;1H. The Labute approximate surface area is 289 Å². The molecule has 4 aliphatic carbocycles. The lowest BCUT2D eigenvalue weighted by Crippen LogP contribution is -2.55. The van der Waals surface area contributed by atoms with Crippen LogP contribution in [-0.2, 0) is 10.2 Å². The van der Waals surface area contributed by atoms with E-state index in [9.17, 15) is 9.18 Å². The number of pyridine rings is 1. The molecule has 8 rings (SSSR count). The molecule has 4 N–H and O–H groups in total. The molecule has 2 aromatic rings. The minimum Gasteiger partial charge on any atom is -0.480 e. The number of rotatable bonds is 8. The lowest BCUT2D eigenvalue weighted by atomic mass is 9.52. The summed E-state index contributed by atoms with van der Waals surface area (Å²) in [6.07, 6.45) is 8.67. The van der Waals surface area contributed by atoms with E-state index in [2.05, 4.69) is 48.2 Å². The van der Waals surface area contributed by atoms with Crippen LogP contribution >= 0.6 is 0 Å². The molecule has 2 saturated heterocycles. The molecule has 0 radical (unpaired) electrons. The van der Waals surface area contributed by atoms with Crippen LogP contribution in [0.4, 0.5) is 10.1 Å². The zero-order valence-electron chi connectivity index (χ0n) is 31.0. The SMILES string of the molecule is CC.CC.CC.COc1n[nH]c(C2CC2)c1C1NC(NCC23CCC(c4nc(F)ccc4N4CCN(C(C)=O)CC4)(CC2)CC3)N(C)N1.[HH]. The van der Waals surface area contributed by atoms with Crippen LogP contribution in [0, 0.1) is 11.4 Å². The number of anilines is 1. The van der Waals surface area contributed by atoms with Gasteiger partial charge in [0.15, 0.2) is 0 Å². The number of carbonyl (C=O) groups is 1. The number of amides is 1. The van der Waals surface area contributed by atoms with E-state index in [1.807, 2.05) is 52.5 Å². The molecule has 2 bridgehead atoms. The summed E-state index contributed by atoms with van der Waals surface area (Å²) in [5.41, 5.74) is 7.96. The number of nitrogens with one attached hydrogen (secondary N) is 4. The summed E-state index contributed by atoms with van der Waals surface area (Å²) >= 11 is 0. The summed E-state index contributed by atoms with van der Waals surface area (Å²) in [7, 11) is 3.73. The predicted molar refractivity (Wildman–Crippen MR) is 192 cm³/mol. The number of aromatic nitrogens is 3. The number of hydrogen-bond donors (Lipinski definition) is 4. The Balaban J connectivity index is 0.000000882. The van der Waals surface area contributed by atoms with Crippen LogP contribution in [0.15, 0.2) is 12.1 Å². The second-order valence-corrected chi connectivity index (χ2v) is 13.2. The Morgan fingerprint density at radius 2 is 1.65 bits per heavy atom. The van der Waals surface area contributed by atoms with E-state index in [0.717, 1.165) is 75.1 Å². The minimum absolute atomic E-state index is 0. The van der Waals surface area contributed by atoms with E-state index in [1.54, 1.807) is 14.0 Å². The molecule has 6 fully saturated rings. The van der Waals surface area contributed by atoms with Crippen molar-refractivity contribution in [3.05, 3.63) is 35.0 Å². The van der Waals surface area contributed by atoms with E-state index < -0.39 is 5.95 Å². The summed E-state index contributed by atoms with van der Waals surface area (Å²) in [5.74, 6) is 0.909. The van der Waals surface area contributed by atoms with Crippen molar-refractivity contribution < 1.29 is 15.3 Å². The zero-order chi connectivity index (χ0) is 35.1. The average molecular weight is 674 g/mol. The summed E-state index contributed by atoms with van der Waals surface area (Å²) in [6.45, 7) is 17.5. The van der Waals surface area contributed by atoms with Crippen LogP contribution in [0.25, 0.3) is 0 Å². The Hall–Kier alpha value is -2.80. The highest BCUT2D eigenvalue weighted by Crippen LogP contribution is 2.58. The monoisotopic (exact) mass is 674 g/mol. The van der Waals surface area contributed by atoms with Gasteiger partial charge in [0.2, 0.25) is 17.7 Å². The first-order valence-electron chi connectivity index (χ1n) is 18.6. The van der Waals surface area contributed by atoms with E-state index in [0.29, 0.717) is 24.9 Å². The molecular weight excluding hydrogens is 609 g/mol. The molecule has 48 heavy (non-hydrogen) atoms. The third-order valence-electron chi connectivity index (χ3n) is 10.8. The second-order valence-electron chi connectivity index (χ2n) is 13.2. The molecular formula is C36H64FN9O2. The van der Waals surface area contributed by atoms with Gasteiger partial charge in [0.25, 0.3) is 0 Å². The molecule has 6 aliphatic rings. The van der Waals surface area contributed by atoms with Crippen LogP contribution in [0.1, 0.15) is 130 Å². The second kappa shape index (κ2) is 16.7. The van der Waals surface area contributed by atoms with E-state index in [-0.39, 0.29) is 30.6 Å². The lowest BCUT2D eigenvalue weighted by molar-refractivity contribution is -0.129. The minimum atomic E-state index is -0.397. The van der Waals surface area contributed by atoms with Gasteiger partial charge < -0.3 is 14.5 Å². The van der Waals surface area contributed by atoms with Crippen molar-refractivity contribution in [2.75, 3.05) is 51.8 Å². The summed E-state index contributed by atoms with van der Waals surface area (Å²) < 4.78 is 20.2. The summed E-state index contributed by atoms with van der Waals surface area (Å²) in [4.78, 5) is 20.6. The van der Waals surface area contributed by atoms with Crippen molar-refractivity contribution in [3.8, 4) is 5.88 Å². The van der Waals surface area contributed by atoms with Gasteiger partial charge in [0, 0.05) is 65.1 Å². The fourth-order valence-electron chi connectivity index (χ4n) is 7.93. The van der Waals surface area contributed by atoms with E-state index in [1.165, 1.54) is 24.6 Å². The number of halogens is 1. The number of nitrogens with zero attached hydrogens (tertiary/aromatic N) is 5. The van der Waals surface area contributed by atoms with Gasteiger partial charge in [-0.2, -0.15) is 4.39 Å². The Kier molecular flexibility index (Phi) is 13.3. The Bertz CT molecular complexity index is 1310. The number of ether oxygens (including phenoxy) is 1. The predicted octanol–water partition coefficient (Wildman–Crippen LogP) is 6.03. The number of carbonyl (C=O) groups excluding carboxylic acids is 1. The van der Waals surface area contributed by atoms with Crippen LogP contribution in [-0.4, -0.2) is 84.2 Å². The van der Waals surface area contributed by atoms with Crippen molar-refractivity contribution in [1.29, 1.82) is 0 Å². The van der Waals surface area contributed by atoms with Gasteiger partial charge in [-0.3, -0.25) is 20.5 Å². The molecule has 4 heterocycles. The van der Waals surface area contributed by atoms with Crippen LogP contribution in [0.5, 0.6) is 5.88 Å². The van der Waals surface area contributed by atoms with E-state index in [4.69, 9.17) is 4.74 Å². The first-order valence-corrected chi connectivity index (χ1v) is 18.6. The molecule has 2 unspecified atom stereocenters. The van der Waals surface area contributed by atoms with Crippen LogP contribution < -0.4 is 25.7 Å². The van der Waals surface area contributed by atoms with Gasteiger partial charge >= 0.3 is 0 Å². The van der Waals surface area contributed by atoms with Gasteiger partial charge in [-0.15, -0.1) is 5.10 Å². The summed E-state index contributed by atoms with van der Waals surface area (Å²) in [5, 5.41) is 17.2. The maximum Gasteiger partial charge on any atom is 0.238 e. The first kappa shape index (κ1) is 38.0. The van der Waals surface area contributed by atoms with Crippen molar-refractivity contribution in [2.24, 2.45) is 5.41 Å². The molecule has 272 valence electrons. The number of methoxy groups -OCH3 is 1. The Morgan fingerprint density at radius 3 is 2.21 bits per heavy atom. The molecule has 2 aliphatic heterocycles. The summed E-state index contributed by atoms with van der Waals surface area (Å²) in [6, 6.07) is 3.41. The van der Waals surface area contributed by atoms with Gasteiger partial charge in [-0.25, -0.2) is 15.4 Å². The highest BCUT2D eigenvalue weighted by Gasteiger charge is 2.51. The smallest absolute Gasteiger partial charge is 0.238 e. The number of hydrogen-bond acceptors (Lipinski definition) is 9. The average Bonchev–Trinajstić information content (AvgIpc) is 3.79. The topological polar surface area (TPSA) is 114 Å². The molecule has 0 aromatic carbocycles. The van der Waals surface area contributed by atoms with Crippen molar-refractivity contribution in [3.63, 3.8) is 0 Å². The molecule has 1 amide bonds. The van der Waals surface area contributed by atoms with Crippen LogP contribution in [0.3, 0.4) is 0 Å². The fraction of sp³-hybridized carbons (Fsp3) is 0.750. The van der Waals surface area contributed by atoms with Crippen molar-refractivity contribution in [1.82, 2.24) is 41.1 Å². The van der Waals surface area contributed by atoms with Gasteiger partial charge in [-0.05, 0) is 68.9 Å². The van der Waals surface area contributed by atoms with Crippen LogP contribution in [0.2, 0.25) is 0 Å². The first-order chi connectivity index (χ1) is 23.3. The van der Waals surface area contributed by atoms with Gasteiger partial charge in [0.05, 0.1) is 24.1 Å². The lowest BCUT2D eigenvalue weighted by Gasteiger charge is -2.54. The number of aromatic amines is 1. The van der Waals surface area contributed by atoms with E-state index >= 15 is 0 Å². The fourth-order valence-corrected chi connectivity index (χ4v) is 7.93.